The van der Waals surface area contributed by atoms with Crippen molar-refractivity contribution in [3.05, 3.63) is 48.2 Å². The van der Waals surface area contributed by atoms with Crippen LogP contribution in [0.4, 0.5) is 0 Å². The summed E-state index contributed by atoms with van der Waals surface area (Å²) in [7, 11) is 0. The molecule has 2 fully saturated rings. The molecule has 0 bridgehead atoms. The molecular weight excluding hydrogens is 316 g/mol. The number of nitrogens with zero attached hydrogens (tertiary/aromatic N) is 4. The average Bonchev–Trinajstić information content (AvgIpc) is 3.04. The molecule has 2 aliphatic rings. The second-order valence-electron chi connectivity index (χ2n) is 7.01. The molecule has 0 spiro atoms. The Morgan fingerprint density at radius 2 is 2.08 bits per heavy atom. The number of hydrogen-bond acceptors (Lipinski definition) is 4. The molecule has 5 rings (SSSR count). The average molecular weight is 336 g/mol. The number of carbonyl (C=O) groups is 1. The molecule has 1 saturated carbocycles. The van der Waals surface area contributed by atoms with Crippen molar-refractivity contribution in [3.8, 4) is 0 Å². The van der Waals surface area contributed by atoms with E-state index >= 15 is 0 Å². The SMILES string of the molecule is O=C(Cn1ccc2ccccc21)N1CCC[C@@H]1c1noc(C2CC2)n1. The highest BCUT2D eigenvalue weighted by molar-refractivity contribution is 5.83. The Morgan fingerprint density at radius 3 is 2.96 bits per heavy atom. The monoisotopic (exact) mass is 336 g/mol. The fraction of sp³-hybridized carbons (Fsp3) is 0.421. The standard InChI is InChI=1S/C19H20N4O2/c24-17(12-22-11-9-13-4-1-2-5-15(13)22)23-10-3-6-16(23)18-20-19(25-21-18)14-7-8-14/h1-2,4-5,9,11,14,16H,3,6-8,10,12H2/t16-/m1/s1. The van der Waals surface area contributed by atoms with Crippen LogP contribution in [0.25, 0.3) is 10.9 Å². The van der Waals surface area contributed by atoms with Gasteiger partial charge in [-0.25, -0.2) is 0 Å². The summed E-state index contributed by atoms with van der Waals surface area (Å²) in [4.78, 5) is 19.4. The Kier molecular flexibility index (Phi) is 3.36. The summed E-state index contributed by atoms with van der Waals surface area (Å²) in [5.74, 6) is 1.97. The Balaban J connectivity index is 1.36. The van der Waals surface area contributed by atoms with E-state index in [9.17, 15) is 4.79 Å². The van der Waals surface area contributed by atoms with Crippen molar-refractivity contribution < 1.29 is 9.32 Å². The molecule has 0 unspecified atom stereocenters. The van der Waals surface area contributed by atoms with Crippen molar-refractivity contribution in [2.45, 2.75) is 44.2 Å². The van der Waals surface area contributed by atoms with Crippen LogP contribution in [0.15, 0.2) is 41.1 Å². The van der Waals surface area contributed by atoms with Gasteiger partial charge in [-0.05, 0) is 43.2 Å². The summed E-state index contributed by atoms with van der Waals surface area (Å²) in [6, 6.07) is 10.1. The zero-order chi connectivity index (χ0) is 16.8. The molecule has 0 N–H and O–H groups in total. The minimum absolute atomic E-state index is 0.0504. The van der Waals surface area contributed by atoms with Crippen LogP contribution in [-0.4, -0.2) is 32.1 Å². The van der Waals surface area contributed by atoms with Crippen LogP contribution in [0.2, 0.25) is 0 Å². The summed E-state index contributed by atoms with van der Waals surface area (Å²) in [5.41, 5.74) is 1.09. The van der Waals surface area contributed by atoms with E-state index in [1.165, 1.54) is 0 Å². The zero-order valence-electron chi connectivity index (χ0n) is 14.0. The van der Waals surface area contributed by atoms with Gasteiger partial charge in [0.2, 0.25) is 11.8 Å². The molecule has 1 aliphatic heterocycles. The molecule has 1 atom stereocenters. The van der Waals surface area contributed by atoms with Gasteiger partial charge in [0, 0.05) is 24.2 Å². The van der Waals surface area contributed by atoms with Crippen molar-refractivity contribution in [1.82, 2.24) is 19.6 Å². The van der Waals surface area contributed by atoms with E-state index < -0.39 is 0 Å². The van der Waals surface area contributed by atoms with Gasteiger partial charge in [0.25, 0.3) is 0 Å². The van der Waals surface area contributed by atoms with Crippen LogP contribution >= 0.6 is 0 Å². The summed E-state index contributed by atoms with van der Waals surface area (Å²) < 4.78 is 7.40. The largest absolute Gasteiger partial charge is 0.339 e. The van der Waals surface area contributed by atoms with Gasteiger partial charge in [0.15, 0.2) is 5.82 Å². The first-order chi connectivity index (χ1) is 12.3. The summed E-state index contributed by atoms with van der Waals surface area (Å²) in [5, 5.41) is 5.31. The molecule has 1 aromatic carbocycles. The number of fused-ring (bicyclic) bond motifs is 1. The van der Waals surface area contributed by atoms with E-state index in [0.29, 0.717) is 18.3 Å². The van der Waals surface area contributed by atoms with E-state index in [4.69, 9.17) is 4.52 Å². The van der Waals surface area contributed by atoms with E-state index in [2.05, 4.69) is 16.2 Å². The number of rotatable bonds is 4. The molecule has 6 heteroatoms. The highest BCUT2D eigenvalue weighted by atomic mass is 16.5. The van der Waals surface area contributed by atoms with E-state index in [-0.39, 0.29) is 11.9 Å². The normalized spacial score (nSPS) is 20.5. The number of benzene rings is 1. The highest BCUT2D eigenvalue weighted by Crippen LogP contribution is 2.40. The molecule has 1 amide bonds. The van der Waals surface area contributed by atoms with E-state index in [0.717, 1.165) is 49.0 Å². The third-order valence-corrected chi connectivity index (χ3v) is 5.24. The smallest absolute Gasteiger partial charge is 0.243 e. The molecule has 0 radical (unpaired) electrons. The topological polar surface area (TPSA) is 64.2 Å². The van der Waals surface area contributed by atoms with Gasteiger partial charge in [-0.15, -0.1) is 0 Å². The van der Waals surface area contributed by atoms with Crippen LogP contribution in [-0.2, 0) is 11.3 Å². The van der Waals surface area contributed by atoms with Crippen molar-refractivity contribution in [2.75, 3.05) is 6.54 Å². The maximum atomic E-state index is 12.9. The predicted molar refractivity (Wildman–Crippen MR) is 91.9 cm³/mol. The number of hydrogen-bond donors (Lipinski definition) is 0. The number of likely N-dealkylation sites (tertiary alicyclic amines) is 1. The summed E-state index contributed by atoms with van der Waals surface area (Å²) in [6.45, 7) is 1.10. The lowest BCUT2D eigenvalue weighted by Gasteiger charge is -2.22. The van der Waals surface area contributed by atoms with Gasteiger partial charge >= 0.3 is 0 Å². The van der Waals surface area contributed by atoms with Gasteiger partial charge in [-0.1, -0.05) is 23.4 Å². The lowest BCUT2D eigenvalue weighted by Crippen LogP contribution is -2.33. The van der Waals surface area contributed by atoms with E-state index in [1.807, 2.05) is 39.9 Å². The first-order valence-electron chi connectivity index (χ1n) is 8.96. The van der Waals surface area contributed by atoms with Crippen LogP contribution in [0.1, 0.15) is 49.4 Å². The third kappa shape index (κ3) is 2.62. The zero-order valence-corrected chi connectivity index (χ0v) is 14.0. The Hall–Kier alpha value is -2.63. The van der Waals surface area contributed by atoms with Crippen molar-refractivity contribution in [2.24, 2.45) is 0 Å². The molecule has 3 aromatic rings. The molecule has 3 heterocycles. The molecule has 2 aromatic heterocycles. The lowest BCUT2D eigenvalue weighted by atomic mass is 10.2. The van der Waals surface area contributed by atoms with Crippen molar-refractivity contribution >= 4 is 16.8 Å². The van der Waals surface area contributed by atoms with Crippen LogP contribution in [0, 0.1) is 0 Å². The number of aromatic nitrogens is 3. The second-order valence-corrected chi connectivity index (χ2v) is 7.01. The predicted octanol–water partition coefficient (Wildman–Crippen LogP) is 3.27. The van der Waals surface area contributed by atoms with Gasteiger partial charge in [0.1, 0.15) is 6.54 Å². The van der Waals surface area contributed by atoms with E-state index in [1.54, 1.807) is 0 Å². The summed E-state index contributed by atoms with van der Waals surface area (Å²) in [6.07, 6.45) is 6.14. The van der Waals surface area contributed by atoms with Gasteiger partial charge in [-0.2, -0.15) is 4.98 Å². The highest BCUT2D eigenvalue weighted by Gasteiger charge is 2.36. The maximum Gasteiger partial charge on any atom is 0.243 e. The number of carbonyl (C=O) groups excluding carboxylic acids is 1. The molecule has 128 valence electrons. The summed E-state index contributed by atoms with van der Waals surface area (Å²) >= 11 is 0. The minimum Gasteiger partial charge on any atom is -0.339 e. The molecule has 1 saturated heterocycles. The third-order valence-electron chi connectivity index (χ3n) is 5.24. The van der Waals surface area contributed by atoms with Crippen LogP contribution in [0.5, 0.6) is 0 Å². The van der Waals surface area contributed by atoms with Crippen molar-refractivity contribution in [1.29, 1.82) is 0 Å². The quantitative estimate of drug-likeness (QED) is 0.733. The van der Waals surface area contributed by atoms with Crippen LogP contribution in [0.3, 0.4) is 0 Å². The molecule has 25 heavy (non-hydrogen) atoms. The molecule has 1 aliphatic carbocycles. The first kappa shape index (κ1) is 14.7. The van der Waals surface area contributed by atoms with Crippen molar-refractivity contribution in [3.63, 3.8) is 0 Å². The minimum atomic E-state index is -0.0504. The Bertz CT molecular complexity index is 924. The Labute approximate surface area is 145 Å². The Morgan fingerprint density at radius 1 is 1.20 bits per heavy atom. The number of para-hydroxylation sites is 1. The fourth-order valence-electron chi connectivity index (χ4n) is 3.73. The maximum absolute atomic E-state index is 12.9. The lowest BCUT2D eigenvalue weighted by molar-refractivity contribution is -0.132. The van der Waals surface area contributed by atoms with Crippen LogP contribution < -0.4 is 0 Å². The number of amides is 1. The molecule has 6 nitrogen and oxygen atoms in total. The van der Waals surface area contributed by atoms with Gasteiger partial charge in [-0.3, -0.25) is 4.79 Å². The second kappa shape index (κ2) is 5.72. The first-order valence-corrected chi connectivity index (χ1v) is 8.96. The fourth-order valence-corrected chi connectivity index (χ4v) is 3.73. The van der Waals surface area contributed by atoms with Gasteiger partial charge in [0.05, 0.1) is 6.04 Å². The molecular formula is C19H20N4O2. The van der Waals surface area contributed by atoms with Gasteiger partial charge < -0.3 is 14.0 Å².